The molecule has 0 amide bonds. The molecule has 3 heterocycles. The van der Waals surface area contributed by atoms with E-state index in [2.05, 4.69) is 47.6 Å². The lowest BCUT2D eigenvalue weighted by molar-refractivity contribution is 0.844. The number of aromatic nitrogens is 6. The van der Waals surface area contributed by atoms with E-state index in [4.69, 9.17) is 5.73 Å². The average molecular weight is 339 g/mol. The Bertz CT molecular complexity index is 678. The van der Waals surface area contributed by atoms with E-state index >= 15 is 0 Å². The minimum Gasteiger partial charge on any atom is -0.383 e. The lowest BCUT2D eigenvalue weighted by Crippen LogP contribution is -2.01. The van der Waals surface area contributed by atoms with Crippen molar-refractivity contribution in [3.05, 3.63) is 28.6 Å². The van der Waals surface area contributed by atoms with Crippen LogP contribution in [0.5, 0.6) is 0 Å². The minimum atomic E-state index is 0.416. The minimum absolute atomic E-state index is 0.416. The molecular formula is C9H6IN7. The molecular weight excluding hydrogens is 333 g/mol. The molecule has 84 valence electrons. The monoisotopic (exact) mass is 339 g/mol. The van der Waals surface area contributed by atoms with Crippen molar-refractivity contribution in [2.45, 2.75) is 0 Å². The van der Waals surface area contributed by atoms with Gasteiger partial charge in [0.1, 0.15) is 22.2 Å². The van der Waals surface area contributed by atoms with Crippen molar-refractivity contribution in [2.24, 2.45) is 0 Å². The zero-order chi connectivity index (χ0) is 11.8. The third kappa shape index (κ3) is 1.60. The molecule has 2 N–H and O–H groups in total. The predicted molar refractivity (Wildman–Crippen MR) is 69.4 cm³/mol. The van der Waals surface area contributed by atoms with Gasteiger partial charge in [0.2, 0.25) is 0 Å². The first-order valence-corrected chi connectivity index (χ1v) is 5.76. The number of hydrogen-bond donors (Lipinski definition) is 1. The number of hydrogen-bond acceptors (Lipinski definition) is 6. The van der Waals surface area contributed by atoms with Crippen LogP contribution in [0.2, 0.25) is 0 Å². The first-order chi connectivity index (χ1) is 8.27. The van der Waals surface area contributed by atoms with Crippen LogP contribution in [0.15, 0.2) is 24.9 Å². The maximum Gasteiger partial charge on any atom is 0.171 e. The Kier molecular flexibility index (Phi) is 2.35. The van der Waals surface area contributed by atoms with Gasteiger partial charge < -0.3 is 5.73 Å². The number of rotatable bonds is 1. The topological polar surface area (TPSA) is 95.4 Å². The van der Waals surface area contributed by atoms with E-state index in [1.54, 1.807) is 16.9 Å². The molecule has 0 aliphatic heterocycles. The lowest BCUT2D eigenvalue weighted by atomic mass is 10.4. The summed E-state index contributed by atoms with van der Waals surface area (Å²) in [5, 5.41) is 5.09. The Hall–Kier alpha value is -1.84. The highest BCUT2D eigenvalue weighted by molar-refractivity contribution is 14.1. The van der Waals surface area contributed by atoms with Gasteiger partial charge in [-0.2, -0.15) is 9.78 Å². The van der Waals surface area contributed by atoms with Crippen LogP contribution in [0.1, 0.15) is 0 Å². The van der Waals surface area contributed by atoms with Crippen molar-refractivity contribution in [1.82, 2.24) is 29.7 Å². The van der Waals surface area contributed by atoms with Crippen LogP contribution < -0.4 is 5.73 Å². The second-order valence-corrected chi connectivity index (χ2v) is 4.25. The largest absolute Gasteiger partial charge is 0.383 e. The number of halogens is 1. The Labute approximate surface area is 109 Å². The van der Waals surface area contributed by atoms with Gasteiger partial charge in [-0.05, 0) is 22.6 Å². The van der Waals surface area contributed by atoms with E-state index in [0.29, 0.717) is 17.3 Å². The average Bonchev–Trinajstić information content (AvgIpc) is 2.69. The number of nitrogens with two attached hydrogens (primary N) is 1. The zero-order valence-corrected chi connectivity index (χ0v) is 10.6. The summed E-state index contributed by atoms with van der Waals surface area (Å²) >= 11 is 2.10. The van der Waals surface area contributed by atoms with E-state index in [0.717, 1.165) is 9.09 Å². The molecule has 8 heteroatoms. The van der Waals surface area contributed by atoms with Crippen molar-refractivity contribution in [3.8, 4) is 5.82 Å². The van der Waals surface area contributed by atoms with E-state index in [9.17, 15) is 0 Å². The summed E-state index contributed by atoms with van der Waals surface area (Å²) in [6.07, 6.45) is 4.51. The van der Waals surface area contributed by atoms with Crippen molar-refractivity contribution in [1.29, 1.82) is 0 Å². The van der Waals surface area contributed by atoms with Crippen LogP contribution in [-0.4, -0.2) is 29.7 Å². The number of anilines is 1. The van der Waals surface area contributed by atoms with Crippen LogP contribution in [0.3, 0.4) is 0 Å². The highest BCUT2D eigenvalue weighted by Gasteiger charge is 2.14. The van der Waals surface area contributed by atoms with Crippen molar-refractivity contribution >= 4 is 39.4 Å². The molecule has 0 fully saturated rings. The summed E-state index contributed by atoms with van der Waals surface area (Å²) in [6.45, 7) is 0. The zero-order valence-electron chi connectivity index (χ0n) is 8.45. The standard InChI is InChI=1S/C9H6IN7/c10-7-6-8(11)14-4-15-9(6)17(16-7)5-1-2-12-3-13-5/h1-4H,(H2,11,14,15). The summed E-state index contributed by atoms with van der Waals surface area (Å²) in [5.41, 5.74) is 6.45. The normalized spacial score (nSPS) is 10.9. The molecule has 0 spiro atoms. The molecule has 3 aromatic rings. The van der Waals surface area contributed by atoms with Gasteiger partial charge in [0.25, 0.3) is 0 Å². The highest BCUT2D eigenvalue weighted by atomic mass is 127. The van der Waals surface area contributed by atoms with Crippen molar-refractivity contribution < 1.29 is 0 Å². The first kappa shape index (κ1) is 10.3. The van der Waals surface area contributed by atoms with Crippen molar-refractivity contribution in [2.75, 3.05) is 5.73 Å². The Morgan fingerprint density at radius 2 is 2.06 bits per heavy atom. The van der Waals surface area contributed by atoms with Crippen LogP contribution in [0.25, 0.3) is 16.9 Å². The molecule has 0 aliphatic rings. The molecule has 0 unspecified atom stereocenters. The third-order valence-electron chi connectivity index (χ3n) is 2.23. The van der Waals surface area contributed by atoms with Gasteiger partial charge in [0, 0.05) is 12.3 Å². The summed E-state index contributed by atoms with van der Waals surface area (Å²) < 4.78 is 2.37. The SMILES string of the molecule is Nc1ncnc2c1c(I)nn2-c1ccncn1. The molecule has 0 saturated heterocycles. The van der Waals surface area contributed by atoms with Gasteiger partial charge in [0.15, 0.2) is 11.5 Å². The van der Waals surface area contributed by atoms with E-state index in [-0.39, 0.29) is 0 Å². The van der Waals surface area contributed by atoms with Crippen LogP contribution in [-0.2, 0) is 0 Å². The maximum absolute atomic E-state index is 5.81. The molecule has 0 aliphatic carbocycles. The molecule has 0 aromatic carbocycles. The van der Waals surface area contributed by atoms with Gasteiger partial charge in [-0.25, -0.2) is 19.9 Å². The fourth-order valence-corrected chi connectivity index (χ4v) is 2.24. The van der Waals surface area contributed by atoms with Gasteiger partial charge in [0.05, 0.1) is 5.39 Å². The van der Waals surface area contributed by atoms with Gasteiger partial charge in [-0.1, -0.05) is 0 Å². The lowest BCUT2D eigenvalue weighted by Gasteiger charge is -1.99. The van der Waals surface area contributed by atoms with Crippen LogP contribution in [0.4, 0.5) is 5.82 Å². The predicted octanol–water partition coefficient (Wildman–Crippen LogP) is 0.792. The second kappa shape index (κ2) is 3.87. The van der Waals surface area contributed by atoms with Crippen molar-refractivity contribution in [3.63, 3.8) is 0 Å². The van der Waals surface area contributed by atoms with E-state index in [1.807, 2.05) is 0 Å². The third-order valence-corrected chi connectivity index (χ3v) is 2.99. The molecule has 3 aromatic heterocycles. The smallest absolute Gasteiger partial charge is 0.171 e. The van der Waals surface area contributed by atoms with Gasteiger partial charge >= 0.3 is 0 Å². The Morgan fingerprint density at radius 3 is 2.82 bits per heavy atom. The van der Waals surface area contributed by atoms with Crippen LogP contribution in [0, 0.1) is 3.70 Å². The number of fused-ring (bicyclic) bond motifs is 1. The quantitative estimate of drug-likeness (QED) is 0.659. The van der Waals surface area contributed by atoms with Gasteiger partial charge in [-0.3, -0.25) is 0 Å². The molecule has 0 saturated carbocycles. The second-order valence-electron chi connectivity index (χ2n) is 3.23. The summed E-state index contributed by atoms with van der Waals surface area (Å²) in [5.74, 6) is 1.06. The molecule has 0 bridgehead atoms. The summed E-state index contributed by atoms with van der Waals surface area (Å²) in [6, 6.07) is 1.75. The Morgan fingerprint density at radius 1 is 1.18 bits per heavy atom. The summed E-state index contributed by atoms with van der Waals surface area (Å²) in [4.78, 5) is 16.1. The fourth-order valence-electron chi connectivity index (χ4n) is 1.50. The van der Waals surface area contributed by atoms with E-state index in [1.165, 1.54) is 12.7 Å². The maximum atomic E-state index is 5.81. The van der Waals surface area contributed by atoms with Gasteiger partial charge in [-0.15, -0.1) is 0 Å². The Balaban J connectivity index is 2.36. The molecule has 3 rings (SSSR count). The number of nitrogens with zero attached hydrogens (tertiary/aromatic N) is 6. The molecule has 17 heavy (non-hydrogen) atoms. The summed E-state index contributed by atoms with van der Waals surface area (Å²) in [7, 11) is 0. The highest BCUT2D eigenvalue weighted by Crippen LogP contribution is 2.23. The first-order valence-electron chi connectivity index (χ1n) is 4.68. The number of nitrogen functional groups attached to an aromatic ring is 1. The molecule has 0 atom stereocenters. The molecule has 7 nitrogen and oxygen atoms in total. The molecule has 0 radical (unpaired) electrons. The van der Waals surface area contributed by atoms with Crippen LogP contribution >= 0.6 is 22.6 Å². The van der Waals surface area contributed by atoms with E-state index < -0.39 is 0 Å². The fraction of sp³-hybridized carbons (Fsp3) is 0.